The number of alkyl halides is 3. The number of rotatable bonds is 1. The predicted octanol–water partition coefficient (Wildman–Crippen LogP) is 1.52. The van der Waals surface area contributed by atoms with Gasteiger partial charge in [0.25, 0.3) is 5.56 Å². The summed E-state index contributed by atoms with van der Waals surface area (Å²) in [5.41, 5.74) is -0.770. The van der Waals surface area contributed by atoms with Gasteiger partial charge in [0.1, 0.15) is 0 Å². The minimum atomic E-state index is -5.16. The van der Waals surface area contributed by atoms with Crippen molar-refractivity contribution >= 4 is 16.9 Å². The van der Waals surface area contributed by atoms with Gasteiger partial charge in [-0.2, -0.15) is 13.2 Å². The van der Waals surface area contributed by atoms with Crippen molar-refractivity contribution in [1.29, 1.82) is 0 Å². The zero-order valence-electron chi connectivity index (χ0n) is 8.77. The lowest BCUT2D eigenvalue weighted by molar-refractivity contribution is -0.199. The second-order valence-electron chi connectivity index (χ2n) is 3.40. The highest BCUT2D eigenvalue weighted by Gasteiger charge is 2.42. The van der Waals surface area contributed by atoms with E-state index in [1.54, 1.807) is 12.1 Å². The van der Waals surface area contributed by atoms with Gasteiger partial charge in [-0.15, -0.1) is 4.73 Å². The van der Waals surface area contributed by atoms with Crippen molar-refractivity contribution in [3.8, 4) is 0 Å². The summed E-state index contributed by atoms with van der Waals surface area (Å²) in [5.74, 6) is -2.44. The Labute approximate surface area is 98.2 Å². The molecule has 0 spiro atoms. The fraction of sp³-hybridized carbons (Fsp3) is 0.0909. The highest BCUT2D eigenvalue weighted by Crippen LogP contribution is 2.16. The van der Waals surface area contributed by atoms with Crippen LogP contribution in [0, 0.1) is 0 Å². The number of hydrogen-bond donors (Lipinski definition) is 0. The van der Waals surface area contributed by atoms with Crippen LogP contribution in [0.1, 0.15) is 0 Å². The van der Waals surface area contributed by atoms with Crippen LogP contribution in [0.4, 0.5) is 13.2 Å². The summed E-state index contributed by atoms with van der Waals surface area (Å²) in [6, 6.07) is 8.55. The molecule has 0 aliphatic heterocycles. The molecule has 0 radical (unpaired) electrons. The molecule has 0 aliphatic rings. The van der Waals surface area contributed by atoms with Crippen molar-refractivity contribution in [3.63, 3.8) is 0 Å². The van der Waals surface area contributed by atoms with Gasteiger partial charge < -0.3 is 4.84 Å². The minimum absolute atomic E-state index is 0.0857. The molecule has 0 saturated carbocycles. The summed E-state index contributed by atoms with van der Waals surface area (Å²) in [7, 11) is 0. The van der Waals surface area contributed by atoms with E-state index in [1.165, 1.54) is 18.2 Å². The largest absolute Gasteiger partial charge is 0.493 e. The Morgan fingerprint density at radius 3 is 2.44 bits per heavy atom. The van der Waals surface area contributed by atoms with Crippen molar-refractivity contribution in [1.82, 2.24) is 4.73 Å². The van der Waals surface area contributed by atoms with Gasteiger partial charge in [-0.25, -0.2) is 4.79 Å². The topological polar surface area (TPSA) is 48.3 Å². The number of halogens is 3. The molecule has 0 fully saturated rings. The van der Waals surface area contributed by atoms with Crippen molar-refractivity contribution < 1.29 is 22.8 Å². The molecule has 0 N–H and O–H groups in total. The van der Waals surface area contributed by atoms with Crippen LogP contribution in [0.5, 0.6) is 0 Å². The van der Waals surface area contributed by atoms with Gasteiger partial charge in [0, 0.05) is 11.5 Å². The number of fused-ring (bicyclic) bond motifs is 1. The lowest BCUT2D eigenvalue weighted by Crippen LogP contribution is -2.38. The molecule has 4 nitrogen and oxygen atoms in total. The normalized spacial score (nSPS) is 11.5. The molecule has 94 valence electrons. The molecule has 0 saturated heterocycles. The first-order valence-corrected chi connectivity index (χ1v) is 4.80. The maximum Gasteiger partial charge on any atom is 0.493 e. The molecule has 0 bridgehead atoms. The molecule has 0 amide bonds. The number of carbonyl (C=O) groups is 1. The highest BCUT2D eigenvalue weighted by molar-refractivity contribution is 5.80. The van der Waals surface area contributed by atoms with Crippen LogP contribution >= 0.6 is 0 Å². The van der Waals surface area contributed by atoms with Crippen molar-refractivity contribution in [3.05, 3.63) is 46.8 Å². The van der Waals surface area contributed by atoms with Crippen LogP contribution < -0.4 is 10.4 Å². The van der Waals surface area contributed by atoms with Gasteiger partial charge >= 0.3 is 12.1 Å². The second-order valence-corrected chi connectivity index (χ2v) is 3.40. The summed E-state index contributed by atoms with van der Waals surface area (Å²) in [6.07, 6.45) is -5.16. The van der Waals surface area contributed by atoms with Gasteiger partial charge in [0.05, 0.1) is 5.52 Å². The molecule has 0 unspecified atom stereocenters. The molecule has 1 aromatic heterocycles. The maximum absolute atomic E-state index is 12.1. The molecule has 2 rings (SSSR count). The third-order valence-corrected chi connectivity index (χ3v) is 2.17. The van der Waals surface area contributed by atoms with Crippen molar-refractivity contribution in [2.24, 2.45) is 0 Å². The Morgan fingerprint density at radius 2 is 1.78 bits per heavy atom. The van der Waals surface area contributed by atoms with E-state index in [0.29, 0.717) is 10.1 Å². The van der Waals surface area contributed by atoms with Crippen LogP contribution in [0.3, 0.4) is 0 Å². The van der Waals surface area contributed by atoms with E-state index in [1.807, 2.05) is 0 Å². The minimum Gasteiger partial charge on any atom is -0.324 e. The molecule has 1 heterocycles. The quantitative estimate of drug-likeness (QED) is 0.778. The van der Waals surface area contributed by atoms with Crippen molar-refractivity contribution in [2.45, 2.75) is 6.18 Å². The summed E-state index contributed by atoms with van der Waals surface area (Å²) in [5, 5.41) is 0.479. The Bertz CT molecular complexity index is 660. The zero-order valence-corrected chi connectivity index (χ0v) is 8.77. The van der Waals surface area contributed by atoms with E-state index in [2.05, 4.69) is 4.84 Å². The first kappa shape index (κ1) is 12.2. The Morgan fingerprint density at radius 1 is 1.11 bits per heavy atom. The monoisotopic (exact) mass is 257 g/mol. The van der Waals surface area contributed by atoms with Gasteiger partial charge in [-0.3, -0.25) is 4.79 Å². The predicted molar refractivity (Wildman–Crippen MR) is 55.9 cm³/mol. The third kappa shape index (κ3) is 2.20. The molecule has 1 aromatic carbocycles. The number of benzene rings is 1. The number of aromatic nitrogens is 1. The first-order chi connectivity index (χ1) is 8.39. The fourth-order valence-electron chi connectivity index (χ4n) is 1.39. The average molecular weight is 257 g/mol. The molecule has 7 heteroatoms. The van der Waals surface area contributed by atoms with Crippen LogP contribution in [0.2, 0.25) is 0 Å². The average Bonchev–Trinajstić information content (AvgIpc) is 2.31. The summed E-state index contributed by atoms with van der Waals surface area (Å²) < 4.78 is 36.6. The van der Waals surface area contributed by atoms with Crippen LogP contribution in [0.15, 0.2) is 41.2 Å². The number of carbonyl (C=O) groups excluding carboxylic acids is 1. The van der Waals surface area contributed by atoms with Crippen LogP contribution in [-0.4, -0.2) is 16.9 Å². The summed E-state index contributed by atoms with van der Waals surface area (Å²) in [4.78, 5) is 26.2. The molecular weight excluding hydrogens is 251 g/mol. The summed E-state index contributed by atoms with van der Waals surface area (Å²) in [6.45, 7) is 0. The van der Waals surface area contributed by atoms with Crippen molar-refractivity contribution in [2.75, 3.05) is 0 Å². The smallest absolute Gasteiger partial charge is 0.324 e. The Kier molecular flexibility index (Phi) is 2.82. The lowest BCUT2D eigenvalue weighted by Gasteiger charge is -2.10. The Balaban J connectivity index is 2.54. The van der Waals surface area contributed by atoms with E-state index >= 15 is 0 Å². The molecule has 18 heavy (non-hydrogen) atoms. The van der Waals surface area contributed by atoms with E-state index in [-0.39, 0.29) is 5.52 Å². The van der Waals surface area contributed by atoms with E-state index < -0.39 is 17.7 Å². The first-order valence-electron chi connectivity index (χ1n) is 4.80. The highest BCUT2D eigenvalue weighted by atomic mass is 19.4. The molecule has 0 atom stereocenters. The van der Waals surface area contributed by atoms with Gasteiger partial charge in [-0.05, 0) is 12.1 Å². The number of nitrogens with zero attached hydrogens (tertiary/aromatic N) is 1. The van der Waals surface area contributed by atoms with Gasteiger partial charge in [0.2, 0.25) is 0 Å². The number of hydrogen-bond acceptors (Lipinski definition) is 3. The fourth-order valence-corrected chi connectivity index (χ4v) is 1.39. The van der Waals surface area contributed by atoms with E-state index in [0.717, 1.165) is 6.07 Å². The van der Waals surface area contributed by atoms with Crippen LogP contribution in [0.25, 0.3) is 10.9 Å². The molecular formula is C11H6F3NO3. The van der Waals surface area contributed by atoms with Gasteiger partial charge in [-0.1, -0.05) is 18.2 Å². The molecule has 2 aromatic rings. The second kappa shape index (κ2) is 4.17. The maximum atomic E-state index is 12.1. The standard InChI is InChI=1S/C11H6F3NO3/c12-11(13,14)10(17)18-15-8-4-2-1-3-7(8)5-6-9(15)16/h1-6H. The van der Waals surface area contributed by atoms with Gasteiger partial charge in [0.15, 0.2) is 0 Å². The third-order valence-electron chi connectivity index (χ3n) is 2.17. The molecule has 0 aliphatic carbocycles. The van der Waals surface area contributed by atoms with Crippen LogP contribution in [-0.2, 0) is 4.79 Å². The number of pyridine rings is 1. The summed E-state index contributed by atoms with van der Waals surface area (Å²) >= 11 is 0. The Hall–Kier alpha value is -2.31. The number of para-hydroxylation sites is 1. The lowest BCUT2D eigenvalue weighted by atomic mass is 10.2. The SMILES string of the molecule is O=C(On1c(=O)ccc2ccccc21)C(F)(F)F. The zero-order chi connectivity index (χ0) is 13.3. The van der Waals surface area contributed by atoms with E-state index in [9.17, 15) is 22.8 Å². The van der Waals surface area contributed by atoms with E-state index in [4.69, 9.17) is 0 Å².